The Labute approximate surface area is 60.6 Å². The maximum absolute atomic E-state index is 4.99. The van der Waals surface area contributed by atoms with E-state index in [1.54, 1.807) is 0 Å². The summed E-state index contributed by atoms with van der Waals surface area (Å²) in [5, 5.41) is 0. The van der Waals surface area contributed by atoms with Gasteiger partial charge < -0.3 is 8.85 Å². The summed E-state index contributed by atoms with van der Waals surface area (Å²) in [5.41, 5.74) is 0. The van der Waals surface area contributed by atoms with Crippen LogP contribution in [0, 0.1) is 0 Å². The Morgan fingerprint density at radius 3 is 1.56 bits per heavy atom. The minimum atomic E-state index is -0.589. The first-order chi connectivity index (χ1) is 4.41. The summed E-state index contributed by atoms with van der Waals surface area (Å²) in [6.45, 7) is 9.55. The van der Waals surface area contributed by atoms with E-state index >= 15 is 0 Å². The van der Waals surface area contributed by atoms with Crippen LogP contribution in [0.5, 0.6) is 0 Å². The highest BCUT2D eigenvalue weighted by molar-refractivity contribution is 6.17. The third-order valence-electron chi connectivity index (χ3n) is 0.575. The lowest BCUT2D eigenvalue weighted by molar-refractivity contribution is 0.240. The van der Waals surface area contributed by atoms with E-state index in [1.807, 2.05) is 27.7 Å². The van der Waals surface area contributed by atoms with Crippen molar-refractivity contribution in [3.05, 3.63) is 0 Å². The lowest BCUT2D eigenvalue weighted by atomic mass is 10.9. The fourth-order valence-corrected chi connectivity index (χ4v) is 0.677. The fraction of sp³-hybridized carbons (Fsp3) is 1.00. The van der Waals surface area contributed by atoms with Crippen LogP contribution in [0.3, 0.4) is 0 Å². The van der Waals surface area contributed by atoms with Crippen molar-refractivity contribution in [2.24, 2.45) is 0 Å². The van der Waals surface area contributed by atoms with Crippen molar-refractivity contribution < 1.29 is 8.85 Å². The van der Waals surface area contributed by atoms with Crippen LogP contribution in [0.25, 0.3) is 0 Å². The van der Waals surface area contributed by atoms with E-state index in [4.69, 9.17) is 8.85 Å². The molecule has 3 heteroatoms. The molecule has 0 aliphatic heterocycles. The molecular formula is C6H18O2Si. The van der Waals surface area contributed by atoms with Crippen molar-refractivity contribution in [3.63, 3.8) is 0 Å². The largest absolute Gasteiger partial charge is 0.399 e. The second kappa shape index (κ2) is 15.7. The molecule has 0 N–H and O–H groups in total. The van der Waals surface area contributed by atoms with Crippen LogP contribution in [-0.4, -0.2) is 23.2 Å². The molecule has 0 aliphatic carbocycles. The Morgan fingerprint density at radius 1 is 1.00 bits per heavy atom. The smallest absolute Gasteiger partial charge is 0.304 e. The van der Waals surface area contributed by atoms with Crippen LogP contribution in [0.1, 0.15) is 27.7 Å². The van der Waals surface area contributed by atoms with Crippen molar-refractivity contribution in [3.8, 4) is 0 Å². The molecule has 0 aromatic carbocycles. The summed E-state index contributed by atoms with van der Waals surface area (Å²) in [5.74, 6) is 0. The fourth-order valence-electron chi connectivity index (χ4n) is 0.226. The van der Waals surface area contributed by atoms with Crippen LogP contribution < -0.4 is 0 Å². The zero-order chi connectivity index (χ0) is 7.54. The topological polar surface area (TPSA) is 18.5 Å². The van der Waals surface area contributed by atoms with E-state index in [9.17, 15) is 0 Å². The lowest BCUT2D eigenvalue weighted by Gasteiger charge is -1.96. The SMILES string of the molecule is CC.CCO[SiH2]OCC. The first-order valence-corrected chi connectivity index (χ1v) is 4.72. The summed E-state index contributed by atoms with van der Waals surface area (Å²) < 4.78 is 9.98. The zero-order valence-corrected chi connectivity index (χ0v) is 8.35. The predicted molar refractivity (Wildman–Crippen MR) is 43.1 cm³/mol. The Bertz CT molecular complexity index is 30.2. The molecule has 0 spiro atoms. The molecular weight excluding hydrogens is 132 g/mol. The summed E-state index contributed by atoms with van der Waals surface area (Å²) in [4.78, 5) is 0. The molecule has 0 aliphatic rings. The average molecular weight is 150 g/mol. The van der Waals surface area contributed by atoms with E-state index < -0.39 is 10.0 Å². The van der Waals surface area contributed by atoms with E-state index in [-0.39, 0.29) is 0 Å². The number of hydrogen-bond acceptors (Lipinski definition) is 2. The molecule has 0 radical (unpaired) electrons. The molecule has 0 bridgehead atoms. The van der Waals surface area contributed by atoms with Gasteiger partial charge in [0.15, 0.2) is 0 Å². The highest BCUT2D eigenvalue weighted by Gasteiger charge is 1.79. The van der Waals surface area contributed by atoms with Crippen molar-refractivity contribution in [1.82, 2.24) is 0 Å². The van der Waals surface area contributed by atoms with E-state index in [2.05, 4.69) is 0 Å². The van der Waals surface area contributed by atoms with Gasteiger partial charge in [0.2, 0.25) is 0 Å². The van der Waals surface area contributed by atoms with Crippen LogP contribution in [-0.2, 0) is 8.85 Å². The normalized spacial score (nSPS) is 8.00. The van der Waals surface area contributed by atoms with Crippen LogP contribution >= 0.6 is 0 Å². The predicted octanol–water partition coefficient (Wildman–Crippen LogP) is 1.08. The molecule has 9 heavy (non-hydrogen) atoms. The molecule has 0 heterocycles. The van der Waals surface area contributed by atoms with Gasteiger partial charge in [0.25, 0.3) is 0 Å². The van der Waals surface area contributed by atoms with Gasteiger partial charge in [-0.25, -0.2) is 0 Å². The minimum Gasteiger partial charge on any atom is -0.399 e. The van der Waals surface area contributed by atoms with Crippen molar-refractivity contribution in [2.45, 2.75) is 27.7 Å². The molecule has 0 aromatic heterocycles. The van der Waals surface area contributed by atoms with Gasteiger partial charge in [-0.05, 0) is 13.8 Å². The van der Waals surface area contributed by atoms with E-state index in [0.29, 0.717) is 0 Å². The average Bonchev–Trinajstić information content (AvgIpc) is 1.94. The zero-order valence-electron chi connectivity index (χ0n) is 6.94. The monoisotopic (exact) mass is 150 g/mol. The molecule has 58 valence electrons. The van der Waals surface area contributed by atoms with Gasteiger partial charge >= 0.3 is 10.0 Å². The summed E-state index contributed by atoms with van der Waals surface area (Å²) in [6, 6.07) is 0. The maximum atomic E-state index is 4.99. The van der Waals surface area contributed by atoms with Crippen molar-refractivity contribution in [2.75, 3.05) is 13.2 Å². The summed E-state index contributed by atoms with van der Waals surface area (Å²) >= 11 is 0. The quantitative estimate of drug-likeness (QED) is 0.441. The Morgan fingerprint density at radius 2 is 1.33 bits per heavy atom. The summed E-state index contributed by atoms with van der Waals surface area (Å²) in [7, 11) is -0.589. The molecule has 0 amide bonds. The second-order valence-electron chi connectivity index (χ2n) is 1.10. The van der Waals surface area contributed by atoms with Crippen LogP contribution in [0.2, 0.25) is 0 Å². The van der Waals surface area contributed by atoms with Gasteiger partial charge in [-0.1, -0.05) is 13.8 Å². The molecule has 0 rings (SSSR count). The van der Waals surface area contributed by atoms with Gasteiger partial charge in [-0.3, -0.25) is 0 Å². The third-order valence-corrected chi connectivity index (χ3v) is 1.72. The van der Waals surface area contributed by atoms with Gasteiger partial charge in [0, 0.05) is 13.2 Å². The molecule has 0 atom stereocenters. The highest BCUT2D eigenvalue weighted by atomic mass is 28.3. The Kier molecular flexibility index (Phi) is 20.7. The van der Waals surface area contributed by atoms with Crippen molar-refractivity contribution in [1.29, 1.82) is 0 Å². The maximum Gasteiger partial charge on any atom is 0.304 e. The molecule has 0 saturated carbocycles. The van der Waals surface area contributed by atoms with Crippen LogP contribution in [0.4, 0.5) is 0 Å². The molecule has 0 saturated heterocycles. The second-order valence-corrected chi connectivity index (χ2v) is 2.16. The Hall–Kier alpha value is 0.137. The molecule has 0 aromatic rings. The first-order valence-electron chi connectivity index (χ1n) is 3.57. The first kappa shape index (κ1) is 11.9. The molecule has 2 nitrogen and oxygen atoms in total. The Balaban J connectivity index is 0. The molecule has 0 unspecified atom stereocenters. The lowest BCUT2D eigenvalue weighted by Crippen LogP contribution is -2.02. The number of hydrogen-bond donors (Lipinski definition) is 0. The van der Waals surface area contributed by atoms with Gasteiger partial charge in [0.1, 0.15) is 0 Å². The standard InChI is InChI=1S/C4H12O2Si.C2H6/c1-3-5-7-6-4-2;1-2/h3-4,7H2,1-2H3;1-2H3. The van der Waals surface area contributed by atoms with Gasteiger partial charge in [-0.2, -0.15) is 0 Å². The van der Waals surface area contributed by atoms with Gasteiger partial charge in [0.05, 0.1) is 0 Å². The van der Waals surface area contributed by atoms with E-state index in [0.717, 1.165) is 13.2 Å². The molecule has 0 fully saturated rings. The third kappa shape index (κ3) is 17.9. The minimum absolute atomic E-state index is 0.589. The highest BCUT2D eigenvalue weighted by Crippen LogP contribution is 1.70. The van der Waals surface area contributed by atoms with E-state index in [1.165, 1.54) is 0 Å². The van der Waals surface area contributed by atoms with Gasteiger partial charge in [-0.15, -0.1) is 0 Å². The van der Waals surface area contributed by atoms with Crippen molar-refractivity contribution >= 4 is 10.0 Å². The summed E-state index contributed by atoms with van der Waals surface area (Å²) in [6.07, 6.45) is 0. The number of rotatable bonds is 4. The van der Waals surface area contributed by atoms with Crippen LogP contribution in [0.15, 0.2) is 0 Å².